The van der Waals surface area contributed by atoms with Crippen LogP contribution in [-0.2, 0) is 32.1 Å². The molecule has 2 aromatic rings. The van der Waals surface area contributed by atoms with Crippen molar-refractivity contribution in [2.24, 2.45) is 11.7 Å². The van der Waals surface area contributed by atoms with E-state index in [9.17, 15) is 24.3 Å². The van der Waals surface area contributed by atoms with E-state index in [1.807, 2.05) is 47.4 Å². The first kappa shape index (κ1) is 29.7. The smallest absolute Gasteiger partial charge is 0.308 e. The number of carboxylic acids is 1. The summed E-state index contributed by atoms with van der Waals surface area (Å²) in [6.07, 6.45) is 3.15. The van der Waals surface area contributed by atoms with E-state index in [1.165, 1.54) is 4.90 Å². The van der Waals surface area contributed by atoms with Crippen LogP contribution in [0.1, 0.15) is 61.6 Å². The molecule has 2 saturated heterocycles. The van der Waals surface area contributed by atoms with Gasteiger partial charge in [0.15, 0.2) is 0 Å². The Kier molecular flexibility index (Phi) is 9.23. The molecule has 10 nitrogen and oxygen atoms in total. The second-order valence-electron chi connectivity index (χ2n) is 11.4. The predicted molar refractivity (Wildman–Crippen MR) is 157 cm³/mol. The number of imide groups is 1. The van der Waals surface area contributed by atoms with Crippen LogP contribution in [0, 0.1) is 5.92 Å². The molecular weight excluding hydrogens is 536 g/mol. The number of carbonyl (C=O) groups excluding carboxylic acids is 3. The molecule has 0 spiro atoms. The van der Waals surface area contributed by atoms with Gasteiger partial charge in [-0.1, -0.05) is 37.6 Å². The molecule has 42 heavy (non-hydrogen) atoms. The number of amides is 3. The molecule has 0 unspecified atom stereocenters. The number of fused-ring (bicyclic) bond motifs is 1. The van der Waals surface area contributed by atoms with Crippen LogP contribution in [0.2, 0.25) is 0 Å². The maximum Gasteiger partial charge on any atom is 0.308 e. The van der Waals surface area contributed by atoms with Crippen LogP contribution in [0.5, 0.6) is 5.75 Å². The summed E-state index contributed by atoms with van der Waals surface area (Å²) in [5, 5.41) is 10.5. The molecule has 10 heteroatoms. The van der Waals surface area contributed by atoms with Gasteiger partial charge in [0.1, 0.15) is 5.75 Å². The summed E-state index contributed by atoms with van der Waals surface area (Å²) in [6.45, 7) is 4.11. The van der Waals surface area contributed by atoms with Crippen molar-refractivity contribution < 1.29 is 29.0 Å². The number of aliphatic carboxylic acids is 1. The highest BCUT2D eigenvalue weighted by molar-refractivity contribution is 6.01. The van der Waals surface area contributed by atoms with Gasteiger partial charge in [0.2, 0.25) is 17.7 Å². The predicted octanol–water partition coefficient (Wildman–Crippen LogP) is 2.92. The third kappa shape index (κ3) is 6.19. The first-order valence-corrected chi connectivity index (χ1v) is 15.0. The van der Waals surface area contributed by atoms with E-state index in [0.717, 1.165) is 47.4 Å². The summed E-state index contributed by atoms with van der Waals surface area (Å²) >= 11 is 0. The average molecular weight is 577 g/mol. The van der Waals surface area contributed by atoms with Crippen LogP contribution < -0.4 is 15.4 Å². The van der Waals surface area contributed by atoms with E-state index >= 15 is 0 Å². The fourth-order valence-corrected chi connectivity index (χ4v) is 6.59. The molecule has 3 heterocycles. The van der Waals surface area contributed by atoms with Gasteiger partial charge in [-0.25, -0.2) is 0 Å². The highest BCUT2D eigenvalue weighted by Crippen LogP contribution is 2.41. The Morgan fingerprint density at radius 2 is 1.88 bits per heavy atom. The summed E-state index contributed by atoms with van der Waals surface area (Å²) in [6, 6.07) is 13.0. The van der Waals surface area contributed by atoms with Crippen molar-refractivity contribution >= 4 is 29.4 Å². The zero-order valence-corrected chi connectivity index (χ0v) is 24.2. The number of likely N-dealkylation sites (tertiary alicyclic amines) is 2. The lowest BCUT2D eigenvalue weighted by molar-refractivity contribution is -0.143. The monoisotopic (exact) mass is 576 g/mol. The lowest BCUT2D eigenvalue weighted by Gasteiger charge is -2.30. The normalized spacial score (nSPS) is 22.0. The van der Waals surface area contributed by atoms with Gasteiger partial charge in [-0.3, -0.25) is 29.0 Å². The van der Waals surface area contributed by atoms with Gasteiger partial charge in [0.05, 0.1) is 19.1 Å². The molecule has 0 aromatic heterocycles. The molecule has 3 amide bonds. The number of hydrogen-bond acceptors (Lipinski definition) is 7. The molecule has 2 fully saturated rings. The molecule has 2 aromatic carbocycles. The topological polar surface area (TPSA) is 133 Å². The largest absolute Gasteiger partial charge is 0.493 e. The first-order chi connectivity index (χ1) is 20.3. The van der Waals surface area contributed by atoms with Gasteiger partial charge in [-0.2, -0.15) is 0 Å². The van der Waals surface area contributed by atoms with Crippen molar-refractivity contribution in [3.8, 4) is 5.75 Å². The second kappa shape index (κ2) is 13.0. The SMILES string of the molecule is CCCCN(C(=O)CN1C[C@H](c2ccc3c(c2)CCO3)[C@@H](C(=O)O)[C@@H]1CCN1C(=O)CCC1=O)c1cccc(CN)c1. The van der Waals surface area contributed by atoms with Crippen LogP contribution in [0.4, 0.5) is 5.69 Å². The number of carbonyl (C=O) groups is 4. The van der Waals surface area contributed by atoms with Crippen LogP contribution in [-0.4, -0.2) is 77.4 Å². The number of unbranched alkanes of at least 4 members (excludes halogenated alkanes) is 1. The van der Waals surface area contributed by atoms with Gasteiger partial charge in [-0.05, 0) is 47.7 Å². The third-order valence-corrected chi connectivity index (χ3v) is 8.81. The van der Waals surface area contributed by atoms with Crippen LogP contribution in [0.25, 0.3) is 0 Å². The molecule has 3 aliphatic heterocycles. The summed E-state index contributed by atoms with van der Waals surface area (Å²) in [7, 11) is 0. The van der Waals surface area contributed by atoms with Crippen molar-refractivity contribution in [3.05, 3.63) is 59.2 Å². The van der Waals surface area contributed by atoms with E-state index in [2.05, 4.69) is 6.92 Å². The molecule has 0 aliphatic carbocycles. The van der Waals surface area contributed by atoms with E-state index in [4.69, 9.17) is 10.5 Å². The average Bonchev–Trinajstić information content (AvgIpc) is 3.69. The molecular formula is C32H40N4O6. The molecule has 3 N–H and O–H groups in total. The molecule has 0 saturated carbocycles. The number of ether oxygens (including phenoxy) is 1. The fourth-order valence-electron chi connectivity index (χ4n) is 6.59. The standard InChI is InChI=1S/C32H40N4O6/c1-2-3-13-35(24-6-4-5-21(16-24)18-33)30(39)20-34-19-25(22-7-8-27-23(17-22)12-15-42-27)31(32(40)41)26(34)11-14-36-28(37)9-10-29(36)38/h4-8,16-17,25-26,31H,2-3,9-15,18-20,33H2,1H3,(H,40,41)/t25-,26+,31-/m1/s1. The summed E-state index contributed by atoms with van der Waals surface area (Å²) in [4.78, 5) is 56.5. The van der Waals surface area contributed by atoms with Crippen molar-refractivity contribution in [2.75, 3.05) is 37.7 Å². The Bertz CT molecular complexity index is 1330. The molecule has 3 aliphatic rings. The van der Waals surface area contributed by atoms with E-state index in [0.29, 0.717) is 26.2 Å². The van der Waals surface area contributed by atoms with E-state index in [1.54, 1.807) is 4.90 Å². The maximum absolute atomic E-state index is 14.0. The number of nitrogens with zero attached hydrogens (tertiary/aromatic N) is 3. The van der Waals surface area contributed by atoms with Gasteiger partial charge < -0.3 is 20.5 Å². The number of nitrogens with two attached hydrogens (primary N) is 1. The molecule has 224 valence electrons. The Balaban J connectivity index is 1.44. The Labute approximate surface area is 246 Å². The van der Waals surface area contributed by atoms with Crippen LogP contribution in [0.3, 0.4) is 0 Å². The van der Waals surface area contributed by atoms with Gasteiger partial charge in [0, 0.05) is 63.1 Å². The van der Waals surface area contributed by atoms with E-state index < -0.39 is 17.9 Å². The number of hydrogen-bond donors (Lipinski definition) is 2. The van der Waals surface area contributed by atoms with Crippen LogP contribution in [0.15, 0.2) is 42.5 Å². The number of rotatable bonds is 12. The van der Waals surface area contributed by atoms with Crippen molar-refractivity contribution in [1.29, 1.82) is 0 Å². The highest BCUT2D eigenvalue weighted by Gasteiger charge is 2.48. The van der Waals surface area contributed by atoms with Gasteiger partial charge in [-0.15, -0.1) is 0 Å². The van der Waals surface area contributed by atoms with Crippen molar-refractivity contribution in [2.45, 2.75) is 64.0 Å². The Morgan fingerprint density at radius 3 is 2.60 bits per heavy atom. The summed E-state index contributed by atoms with van der Waals surface area (Å²) in [5.74, 6) is -1.88. The van der Waals surface area contributed by atoms with Gasteiger partial charge in [0.25, 0.3) is 0 Å². The molecule has 5 rings (SSSR count). The number of anilines is 1. The Hall–Kier alpha value is -3.76. The number of carboxylic acid groups (broad SMARTS) is 1. The zero-order chi connectivity index (χ0) is 29.8. The number of benzene rings is 2. The fraction of sp³-hybridized carbons (Fsp3) is 0.500. The second-order valence-corrected chi connectivity index (χ2v) is 11.4. The minimum absolute atomic E-state index is 0.0253. The van der Waals surface area contributed by atoms with Crippen molar-refractivity contribution in [1.82, 2.24) is 9.80 Å². The van der Waals surface area contributed by atoms with E-state index in [-0.39, 0.29) is 56.0 Å². The minimum atomic E-state index is -0.950. The van der Waals surface area contributed by atoms with Crippen LogP contribution >= 0.6 is 0 Å². The highest BCUT2D eigenvalue weighted by atomic mass is 16.5. The lowest BCUT2D eigenvalue weighted by atomic mass is 9.83. The summed E-state index contributed by atoms with van der Waals surface area (Å²) in [5.41, 5.74) is 9.52. The molecule has 0 bridgehead atoms. The lowest BCUT2D eigenvalue weighted by Crippen LogP contribution is -2.46. The maximum atomic E-state index is 14.0. The molecule has 3 atom stereocenters. The molecule has 0 radical (unpaired) electrons. The Morgan fingerprint density at radius 1 is 1.10 bits per heavy atom. The zero-order valence-electron chi connectivity index (χ0n) is 24.2. The minimum Gasteiger partial charge on any atom is -0.493 e. The third-order valence-electron chi connectivity index (χ3n) is 8.81. The summed E-state index contributed by atoms with van der Waals surface area (Å²) < 4.78 is 5.66. The van der Waals surface area contributed by atoms with Gasteiger partial charge >= 0.3 is 5.97 Å². The first-order valence-electron chi connectivity index (χ1n) is 15.0. The quantitative estimate of drug-likeness (QED) is 0.369. The van der Waals surface area contributed by atoms with Crippen molar-refractivity contribution in [3.63, 3.8) is 0 Å².